The number of hydrogen-bond acceptors (Lipinski definition) is 3. The van der Waals surface area contributed by atoms with Crippen LogP contribution in [0.1, 0.15) is 39.0 Å². The van der Waals surface area contributed by atoms with Crippen molar-refractivity contribution < 1.29 is 18.3 Å². The number of sulfonamides is 1. The van der Waals surface area contributed by atoms with Gasteiger partial charge in [-0.05, 0) is 38.0 Å². The second kappa shape index (κ2) is 4.81. The lowest BCUT2D eigenvalue weighted by atomic mass is 9.77. The van der Waals surface area contributed by atoms with Crippen LogP contribution in [0.3, 0.4) is 0 Å². The smallest absolute Gasteiger partial charge is 0.309 e. The third-order valence-electron chi connectivity index (χ3n) is 4.35. The van der Waals surface area contributed by atoms with Crippen LogP contribution in [-0.2, 0) is 14.8 Å². The molecular formula is C12H21NO4S. The number of piperidine rings is 1. The number of carboxylic acids is 1. The molecule has 0 aromatic rings. The average Bonchev–Trinajstić information content (AvgIpc) is 3.12. The van der Waals surface area contributed by atoms with Crippen molar-refractivity contribution in [1.82, 2.24) is 4.31 Å². The van der Waals surface area contributed by atoms with E-state index in [4.69, 9.17) is 0 Å². The first-order chi connectivity index (χ1) is 8.39. The van der Waals surface area contributed by atoms with Gasteiger partial charge in [0.05, 0.1) is 11.2 Å². The minimum Gasteiger partial charge on any atom is -0.481 e. The lowest BCUT2D eigenvalue weighted by Gasteiger charge is -2.37. The molecule has 1 N–H and O–H groups in total. The third kappa shape index (κ3) is 2.69. The van der Waals surface area contributed by atoms with Gasteiger partial charge >= 0.3 is 5.97 Å². The Hall–Kier alpha value is -0.620. The normalized spacial score (nSPS) is 24.9. The van der Waals surface area contributed by atoms with Gasteiger partial charge in [-0.15, -0.1) is 0 Å². The quantitative estimate of drug-likeness (QED) is 0.820. The second-order valence-corrected chi connectivity index (χ2v) is 7.57. The first kappa shape index (κ1) is 13.8. The zero-order chi connectivity index (χ0) is 13.4. The molecule has 1 saturated heterocycles. The van der Waals surface area contributed by atoms with Crippen molar-refractivity contribution in [3.05, 3.63) is 0 Å². The number of aliphatic carboxylic acids is 1. The van der Waals surface area contributed by atoms with Crippen LogP contribution >= 0.6 is 0 Å². The van der Waals surface area contributed by atoms with E-state index in [-0.39, 0.29) is 5.75 Å². The third-order valence-corrected chi connectivity index (χ3v) is 6.39. The lowest BCUT2D eigenvalue weighted by Crippen LogP contribution is -2.47. The molecule has 0 atom stereocenters. The van der Waals surface area contributed by atoms with Crippen LogP contribution in [0, 0.1) is 11.3 Å². The van der Waals surface area contributed by atoms with Crippen molar-refractivity contribution in [3.8, 4) is 0 Å². The summed E-state index contributed by atoms with van der Waals surface area (Å²) < 4.78 is 25.7. The highest BCUT2D eigenvalue weighted by atomic mass is 32.2. The van der Waals surface area contributed by atoms with Crippen LogP contribution < -0.4 is 0 Å². The fourth-order valence-corrected chi connectivity index (χ4v) is 4.48. The van der Waals surface area contributed by atoms with E-state index in [1.165, 1.54) is 4.31 Å². The fourth-order valence-electron chi connectivity index (χ4n) is 2.60. The van der Waals surface area contributed by atoms with Gasteiger partial charge < -0.3 is 5.11 Å². The Morgan fingerprint density at radius 1 is 1.33 bits per heavy atom. The van der Waals surface area contributed by atoms with Gasteiger partial charge in [0.25, 0.3) is 0 Å². The van der Waals surface area contributed by atoms with E-state index in [1.54, 1.807) is 0 Å². The molecule has 2 aliphatic rings. The first-order valence-electron chi connectivity index (χ1n) is 6.61. The Morgan fingerprint density at radius 3 is 2.28 bits per heavy atom. The summed E-state index contributed by atoms with van der Waals surface area (Å²) in [5.74, 6) is -0.198. The molecule has 5 nitrogen and oxygen atoms in total. The Kier molecular flexibility index (Phi) is 3.69. The minimum absolute atomic E-state index is 0.249. The molecule has 1 heterocycles. The van der Waals surface area contributed by atoms with Crippen molar-refractivity contribution >= 4 is 16.0 Å². The Labute approximate surface area is 108 Å². The highest BCUT2D eigenvalue weighted by Crippen LogP contribution is 2.37. The van der Waals surface area contributed by atoms with Crippen molar-refractivity contribution in [3.63, 3.8) is 0 Å². The molecule has 18 heavy (non-hydrogen) atoms. The van der Waals surface area contributed by atoms with Gasteiger partial charge in [-0.2, -0.15) is 0 Å². The van der Waals surface area contributed by atoms with Gasteiger partial charge in [-0.3, -0.25) is 4.79 Å². The highest BCUT2D eigenvalue weighted by Gasteiger charge is 2.43. The maximum atomic E-state index is 12.1. The topological polar surface area (TPSA) is 74.7 Å². The molecule has 1 aliphatic heterocycles. The molecule has 0 spiro atoms. The molecule has 0 bridgehead atoms. The molecule has 0 unspecified atom stereocenters. The summed E-state index contributed by atoms with van der Waals surface area (Å²) in [6.07, 6.45) is 3.46. The molecule has 6 heteroatoms. The van der Waals surface area contributed by atoms with Gasteiger partial charge in [0.1, 0.15) is 0 Å². The molecule has 0 aromatic heterocycles. The maximum absolute atomic E-state index is 12.1. The van der Waals surface area contributed by atoms with E-state index in [2.05, 4.69) is 0 Å². The SMILES string of the molecule is CCC1(C(=O)O)CCN(S(=O)(=O)CC2CC2)CC1. The zero-order valence-corrected chi connectivity index (χ0v) is 11.6. The van der Waals surface area contributed by atoms with E-state index < -0.39 is 21.4 Å². The largest absolute Gasteiger partial charge is 0.481 e. The number of rotatable bonds is 5. The van der Waals surface area contributed by atoms with Gasteiger partial charge in [0.2, 0.25) is 10.0 Å². The number of carbonyl (C=O) groups is 1. The summed E-state index contributed by atoms with van der Waals surface area (Å²) in [6, 6.07) is 0. The summed E-state index contributed by atoms with van der Waals surface area (Å²) in [7, 11) is -3.16. The van der Waals surface area contributed by atoms with Crippen LogP contribution in [0.4, 0.5) is 0 Å². The molecule has 2 fully saturated rings. The van der Waals surface area contributed by atoms with E-state index >= 15 is 0 Å². The van der Waals surface area contributed by atoms with Crippen molar-refractivity contribution in [1.29, 1.82) is 0 Å². The van der Waals surface area contributed by atoms with Crippen LogP contribution in [0.5, 0.6) is 0 Å². The first-order valence-corrected chi connectivity index (χ1v) is 8.22. The second-order valence-electron chi connectivity index (χ2n) is 5.56. The number of hydrogen-bond donors (Lipinski definition) is 1. The van der Waals surface area contributed by atoms with Crippen molar-refractivity contribution in [2.75, 3.05) is 18.8 Å². The molecule has 104 valence electrons. The average molecular weight is 275 g/mol. The molecule has 1 aliphatic carbocycles. The number of carboxylic acid groups (broad SMARTS) is 1. The zero-order valence-electron chi connectivity index (χ0n) is 10.8. The maximum Gasteiger partial charge on any atom is 0.309 e. The summed E-state index contributed by atoms with van der Waals surface area (Å²) in [6.45, 7) is 2.58. The van der Waals surface area contributed by atoms with Gasteiger partial charge in [0.15, 0.2) is 0 Å². The van der Waals surface area contributed by atoms with Crippen LogP contribution in [0.25, 0.3) is 0 Å². The predicted octanol–water partition coefficient (Wildman–Crippen LogP) is 1.30. The summed E-state index contributed by atoms with van der Waals surface area (Å²) in [5.41, 5.74) is -0.717. The van der Waals surface area contributed by atoms with Gasteiger partial charge in [-0.1, -0.05) is 6.92 Å². The Bertz CT molecular complexity index is 419. The van der Waals surface area contributed by atoms with E-state index in [1.807, 2.05) is 6.92 Å². The fraction of sp³-hybridized carbons (Fsp3) is 0.917. The van der Waals surface area contributed by atoms with Crippen LogP contribution in [0.2, 0.25) is 0 Å². The van der Waals surface area contributed by atoms with E-state index in [0.717, 1.165) is 12.8 Å². The van der Waals surface area contributed by atoms with E-state index in [0.29, 0.717) is 38.3 Å². The number of nitrogens with zero attached hydrogens (tertiary/aromatic N) is 1. The standard InChI is InChI=1S/C12H21NO4S/c1-2-12(11(14)15)5-7-13(8-6-12)18(16,17)9-10-3-4-10/h10H,2-9H2,1H3,(H,14,15). The van der Waals surface area contributed by atoms with Crippen LogP contribution in [-0.4, -0.2) is 42.6 Å². The molecule has 1 saturated carbocycles. The monoisotopic (exact) mass is 275 g/mol. The summed E-state index contributed by atoms with van der Waals surface area (Å²) in [4.78, 5) is 11.3. The molecule has 2 rings (SSSR count). The van der Waals surface area contributed by atoms with Gasteiger partial charge in [-0.25, -0.2) is 12.7 Å². The van der Waals surface area contributed by atoms with Crippen molar-refractivity contribution in [2.45, 2.75) is 39.0 Å². The van der Waals surface area contributed by atoms with Crippen LogP contribution in [0.15, 0.2) is 0 Å². The van der Waals surface area contributed by atoms with Gasteiger partial charge in [0, 0.05) is 13.1 Å². The molecular weight excluding hydrogens is 254 g/mol. The van der Waals surface area contributed by atoms with Crippen molar-refractivity contribution in [2.24, 2.45) is 11.3 Å². The Morgan fingerprint density at radius 2 is 1.89 bits per heavy atom. The highest BCUT2D eigenvalue weighted by molar-refractivity contribution is 7.89. The Balaban J connectivity index is 1.99. The summed E-state index contributed by atoms with van der Waals surface area (Å²) >= 11 is 0. The van der Waals surface area contributed by atoms with E-state index in [9.17, 15) is 18.3 Å². The predicted molar refractivity (Wildman–Crippen MR) is 67.7 cm³/mol. The molecule has 0 aromatic carbocycles. The molecule has 0 amide bonds. The molecule has 0 radical (unpaired) electrons. The summed E-state index contributed by atoms with van der Waals surface area (Å²) in [5, 5.41) is 9.27. The minimum atomic E-state index is -3.16. The lowest BCUT2D eigenvalue weighted by molar-refractivity contribution is -0.151.